The smallest absolute Gasteiger partial charge is 0.165 e. The minimum absolute atomic E-state index is 0.0650. The second-order valence-corrected chi connectivity index (χ2v) is 5.04. The number of hydrogen-bond donors (Lipinski definition) is 2. The molecule has 114 valence electrons. The van der Waals surface area contributed by atoms with Gasteiger partial charge in [0, 0.05) is 25.8 Å². The van der Waals surface area contributed by atoms with E-state index >= 15 is 0 Å². The lowest BCUT2D eigenvalue weighted by atomic mass is 10.1. The Bertz CT molecular complexity index is 410. The van der Waals surface area contributed by atoms with Crippen LogP contribution in [0.2, 0.25) is 0 Å². The minimum atomic E-state index is -0.955. The molecule has 0 aliphatic rings. The Kier molecular flexibility index (Phi) is 6.91. The van der Waals surface area contributed by atoms with E-state index in [1.807, 2.05) is 6.92 Å². The van der Waals surface area contributed by atoms with Crippen LogP contribution in [0.4, 0.5) is 4.39 Å². The molecule has 1 atom stereocenters. The molecule has 0 radical (unpaired) electrons. The molecule has 1 rings (SSSR count). The molecule has 4 nitrogen and oxygen atoms in total. The number of rotatable bonds is 9. The van der Waals surface area contributed by atoms with Gasteiger partial charge in [0.25, 0.3) is 0 Å². The molecule has 1 unspecified atom stereocenters. The second kappa shape index (κ2) is 8.19. The Morgan fingerprint density at radius 3 is 2.80 bits per heavy atom. The van der Waals surface area contributed by atoms with E-state index in [9.17, 15) is 9.50 Å². The highest BCUT2D eigenvalue weighted by Crippen LogP contribution is 2.24. The second-order valence-electron chi connectivity index (χ2n) is 5.04. The third-order valence-corrected chi connectivity index (χ3v) is 3.14. The third-order valence-electron chi connectivity index (χ3n) is 3.14. The summed E-state index contributed by atoms with van der Waals surface area (Å²) >= 11 is 0. The fourth-order valence-corrected chi connectivity index (χ4v) is 1.58. The number of hydrogen-bond acceptors (Lipinski definition) is 4. The molecule has 0 spiro atoms. The summed E-state index contributed by atoms with van der Waals surface area (Å²) in [4.78, 5) is 0. The Labute approximate surface area is 119 Å². The van der Waals surface area contributed by atoms with Gasteiger partial charge in [0.2, 0.25) is 0 Å². The largest absolute Gasteiger partial charge is 0.487 e. The molecule has 0 bridgehead atoms. The van der Waals surface area contributed by atoms with Crippen LogP contribution < -0.4 is 10.1 Å². The summed E-state index contributed by atoms with van der Waals surface area (Å²) in [5.74, 6) is -0.214. The first-order valence-corrected chi connectivity index (χ1v) is 6.82. The molecule has 0 saturated carbocycles. The van der Waals surface area contributed by atoms with Crippen LogP contribution in [-0.4, -0.2) is 37.6 Å². The van der Waals surface area contributed by atoms with Gasteiger partial charge < -0.3 is 19.9 Å². The average Bonchev–Trinajstić information content (AvgIpc) is 2.43. The fourth-order valence-electron chi connectivity index (χ4n) is 1.58. The first-order valence-electron chi connectivity index (χ1n) is 6.82. The molecular weight excluding hydrogens is 261 g/mol. The van der Waals surface area contributed by atoms with E-state index in [1.54, 1.807) is 26.2 Å². The maximum Gasteiger partial charge on any atom is 0.165 e. The maximum absolute atomic E-state index is 13.8. The van der Waals surface area contributed by atoms with Crippen molar-refractivity contribution >= 4 is 0 Å². The van der Waals surface area contributed by atoms with Crippen molar-refractivity contribution in [2.45, 2.75) is 32.4 Å². The highest BCUT2D eigenvalue weighted by molar-refractivity contribution is 5.35. The van der Waals surface area contributed by atoms with Gasteiger partial charge in [-0.05, 0) is 19.4 Å². The summed E-state index contributed by atoms with van der Waals surface area (Å²) < 4.78 is 24.3. The summed E-state index contributed by atoms with van der Waals surface area (Å²) in [6, 6.07) is 4.81. The van der Waals surface area contributed by atoms with Crippen molar-refractivity contribution in [1.82, 2.24) is 5.32 Å². The minimum Gasteiger partial charge on any atom is -0.487 e. The van der Waals surface area contributed by atoms with Crippen molar-refractivity contribution in [2.75, 3.05) is 26.9 Å². The summed E-state index contributed by atoms with van der Waals surface area (Å²) in [5.41, 5.74) is -0.226. The standard InChI is InChI=1S/C15H24FNO3/c1-4-15(2,18)11-20-14-12(6-5-7-13(14)16)10-17-8-9-19-3/h5-7,17-18H,4,8-11H2,1-3H3. The van der Waals surface area contributed by atoms with E-state index in [0.717, 1.165) is 5.56 Å². The lowest BCUT2D eigenvalue weighted by Crippen LogP contribution is -2.31. The van der Waals surface area contributed by atoms with E-state index in [2.05, 4.69) is 5.32 Å². The van der Waals surface area contributed by atoms with Gasteiger partial charge in [-0.3, -0.25) is 0 Å². The Morgan fingerprint density at radius 2 is 2.15 bits per heavy atom. The first kappa shape index (κ1) is 16.9. The summed E-state index contributed by atoms with van der Waals surface area (Å²) in [5, 5.41) is 13.1. The number of halogens is 1. The van der Waals surface area contributed by atoms with Crippen molar-refractivity contribution < 1.29 is 19.0 Å². The van der Waals surface area contributed by atoms with Crippen LogP contribution in [0.5, 0.6) is 5.75 Å². The molecule has 20 heavy (non-hydrogen) atoms. The van der Waals surface area contributed by atoms with Crippen LogP contribution in [0, 0.1) is 5.82 Å². The molecule has 1 aromatic carbocycles. The maximum atomic E-state index is 13.8. The van der Waals surface area contributed by atoms with E-state index < -0.39 is 11.4 Å². The van der Waals surface area contributed by atoms with Gasteiger partial charge in [-0.1, -0.05) is 19.1 Å². The molecule has 0 saturated heterocycles. The van der Waals surface area contributed by atoms with Gasteiger partial charge in [-0.2, -0.15) is 0 Å². The van der Waals surface area contributed by atoms with E-state index in [4.69, 9.17) is 9.47 Å². The van der Waals surface area contributed by atoms with Crippen LogP contribution in [0.15, 0.2) is 18.2 Å². The number of aliphatic hydroxyl groups is 1. The Balaban J connectivity index is 2.68. The number of para-hydroxylation sites is 1. The normalized spacial score (nSPS) is 14.1. The van der Waals surface area contributed by atoms with Gasteiger partial charge in [-0.25, -0.2) is 4.39 Å². The SMILES string of the molecule is CCC(C)(O)COc1c(F)cccc1CNCCOC. The predicted molar refractivity (Wildman–Crippen MR) is 76.4 cm³/mol. The fraction of sp³-hybridized carbons (Fsp3) is 0.600. The summed E-state index contributed by atoms with van der Waals surface area (Å²) in [6.07, 6.45) is 0.545. The lowest BCUT2D eigenvalue weighted by Gasteiger charge is -2.22. The van der Waals surface area contributed by atoms with Gasteiger partial charge in [0.1, 0.15) is 6.61 Å². The molecule has 1 aromatic rings. The van der Waals surface area contributed by atoms with Gasteiger partial charge >= 0.3 is 0 Å². The molecule has 5 heteroatoms. The predicted octanol–water partition coefficient (Wildman–Crippen LogP) is 2.10. The first-order chi connectivity index (χ1) is 9.50. The molecule has 0 amide bonds. The van der Waals surface area contributed by atoms with Crippen molar-refractivity contribution in [3.8, 4) is 5.75 Å². The molecule has 0 aliphatic heterocycles. The van der Waals surface area contributed by atoms with Crippen molar-refractivity contribution in [1.29, 1.82) is 0 Å². The van der Waals surface area contributed by atoms with Crippen molar-refractivity contribution in [3.63, 3.8) is 0 Å². The molecule has 0 fully saturated rings. The molecule has 0 aliphatic carbocycles. The average molecular weight is 285 g/mol. The van der Waals surface area contributed by atoms with Gasteiger partial charge in [0.15, 0.2) is 11.6 Å². The molecule has 0 aromatic heterocycles. The van der Waals surface area contributed by atoms with Gasteiger partial charge in [-0.15, -0.1) is 0 Å². The van der Waals surface area contributed by atoms with Crippen LogP contribution in [0.25, 0.3) is 0 Å². The van der Waals surface area contributed by atoms with E-state index in [-0.39, 0.29) is 12.4 Å². The number of nitrogens with one attached hydrogen (secondary N) is 1. The Morgan fingerprint density at radius 1 is 1.40 bits per heavy atom. The monoisotopic (exact) mass is 285 g/mol. The van der Waals surface area contributed by atoms with Crippen molar-refractivity contribution in [2.24, 2.45) is 0 Å². The van der Waals surface area contributed by atoms with Crippen LogP contribution in [0.1, 0.15) is 25.8 Å². The third kappa shape index (κ3) is 5.45. The van der Waals surface area contributed by atoms with Crippen LogP contribution in [0.3, 0.4) is 0 Å². The van der Waals surface area contributed by atoms with Gasteiger partial charge in [0.05, 0.1) is 12.2 Å². The zero-order valence-corrected chi connectivity index (χ0v) is 12.4. The van der Waals surface area contributed by atoms with E-state index in [1.165, 1.54) is 6.07 Å². The van der Waals surface area contributed by atoms with E-state index in [0.29, 0.717) is 26.1 Å². The van der Waals surface area contributed by atoms with Crippen LogP contribution in [-0.2, 0) is 11.3 Å². The molecule has 0 heterocycles. The number of ether oxygens (including phenoxy) is 2. The number of benzene rings is 1. The highest BCUT2D eigenvalue weighted by Gasteiger charge is 2.20. The van der Waals surface area contributed by atoms with Crippen LogP contribution >= 0.6 is 0 Å². The molecular formula is C15H24FNO3. The zero-order valence-electron chi connectivity index (χ0n) is 12.4. The highest BCUT2D eigenvalue weighted by atomic mass is 19.1. The summed E-state index contributed by atoms with van der Waals surface area (Å²) in [6.45, 7) is 5.36. The zero-order chi connectivity index (χ0) is 15.0. The quantitative estimate of drug-likeness (QED) is 0.682. The molecule has 2 N–H and O–H groups in total. The lowest BCUT2D eigenvalue weighted by molar-refractivity contribution is 0.00700. The number of methoxy groups -OCH3 is 1. The Hall–Kier alpha value is -1.17. The summed E-state index contributed by atoms with van der Waals surface area (Å²) in [7, 11) is 1.63. The van der Waals surface area contributed by atoms with Crippen molar-refractivity contribution in [3.05, 3.63) is 29.6 Å². The topological polar surface area (TPSA) is 50.7 Å².